The Bertz CT molecular complexity index is 1470. The second kappa shape index (κ2) is 9.09. The molecule has 2 N–H and O–H groups in total. The number of carbonyl (C=O) groups is 2. The van der Waals surface area contributed by atoms with E-state index in [1.165, 1.54) is 24.1 Å². The van der Waals surface area contributed by atoms with E-state index < -0.39 is 17.7 Å². The number of pyridine rings is 1. The summed E-state index contributed by atoms with van der Waals surface area (Å²) in [6.45, 7) is 0.0799. The Kier molecular flexibility index (Phi) is 5.96. The van der Waals surface area contributed by atoms with Crippen LogP contribution in [0.15, 0.2) is 72.6 Å². The lowest BCUT2D eigenvalue weighted by molar-refractivity contribution is -0.140. The van der Waals surface area contributed by atoms with Gasteiger partial charge in [-0.3, -0.25) is 14.6 Å². The van der Waals surface area contributed by atoms with Crippen LogP contribution in [0.1, 0.15) is 22.9 Å². The van der Waals surface area contributed by atoms with Gasteiger partial charge in [-0.1, -0.05) is 47.5 Å². The number of aromatic nitrogens is 2. The molecule has 9 heteroatoms. The number of nitrogens with zero attached hydrogens (tertiary/aromatic N) is 2. The van der Waals surface area contributed by atoms with Gasteiger partial charge in [0.2, 0.25) is 0 Å². The molecule has 1 aliphatic rings. The third kappa shape index (κ3) is 3.92. The molecule has 4 aromatic rings. The first-order valence-corrected chi connectivity index (χ1v) is 11.4. The normalized spacial score (nSPS) is 17.3. The molecule has 176 valence electrons. The van der Waals surface area contributed by atoms with Gasteiger partial charge in [-0.05, 0) is 30.3 Å². The van der Waals surface area contributed by atoms with Gasteiger partial charge >= 0.3 is 0 Å². The highest BCUT2D eigenvalue weighted by molar-refractivity contribution is 6.47. The summed E-state index contributed by atoms with van der Waals surface area (Å²) < 4.78 is 5.18. The summed E-state index contributed by atoms with van der Waals surface area (Å²) in [5.74, 6) is -1.68. The van der Waals surface area contributed by atoms with Gasteiger partial charge in [-0.15, -0.1) is 0 Å². The Morgan fingerprint density at radius 2 is 1.83 bits per heavy atom. The average Bonchev–Trinajstić information content (AvgIpc) is 3.38. The number of H-pyrrole nitrogens is 1. The topological polar surface area (TPSA) is 95.5 Å². The fraction of sp³-hybridized carbons (Fsp3) is 0.115. The first-order chi connectivity index (χ1) is 16.9. The summed E-state index contributed by atoms with van der Waals surface area (Å²) in [7, 11) is 1.42. The van der Waals surface area contributed by atoms with Gasteiger partial charge < -0.3 is 19.7 Å². The molecule has 2 aromatic carbocycles. The molecular weight excluding hydrogens is 489 g/mol. The average molecular weight is 508 g/mol. The van der Waals surface area contributed by atoms with E-state index in [0.29, 0.717) is 11.3 Å². The maximum atomic E-state index is 13.3. The molecule has 1 amide bonds. The number of carbonyl (C=O) groups excluding carboxylic acids is 2. The van der Waals surface area contributed by atoms with Crippen molar-refractivity contribution in [3.05, 3.63) is 99.4 Å². The van der Waals surface area contributed by atoms with Crippen LogP contribution in [-0.4, -0.2) is 38.8 Å². The molecule has 1 fully saturated rings. The van der Waals surface area contributed by atoms with Crippen LogP contribution < -0.4 is 4.74 Å². The quantitative estimate of drug-likeness (QED) is 0.211. The van der Waals surface area contributed by atoms with Crippen LogP contribution in [0, 0.1) is 0 Å². The molecule has 5 rings (SSSR count). The number of aliphatic hydroxyl groups is 1. The van der Waals surface area contributed by atoms with Crippen LogP contribution >= 0.6 is 23.2 Å². The Hall–Kier alpha value is -3.81. The Labute approximate surface area is 210 Å². The van der Waals surface area contributed by atoms with E-state index in [1.54, 1.807) is 30.6 Å². The minimum Gasteiger partial charge on any atom is -0.507 e. The number of amides is 1. The number of hydrogen-bond acceptors (Lipinski definition) is 5. The Morgan fingerprint density at radius 3 is 2.51 bits per heavy atom. The number of para-hydroxylation sites is 1. The number of ketones is 1. The molecule has 1 aliphatic heterocycles. The second-order valence-electron chi connectivity index (χ2n) is 8.01. The minimum atomic E-state index is -0.868. The summed E-state index contributed by atoms with van der Waals surface area (Å²) in [6.07, 6.45) is 3.36. The number of hydrogen-bond donors (Lipinski definition) is 2. The SMILES string of the molecule is COc1c(Cl)cc(/C(O)=C2\C(=O)C(=O)N(Cc3ccccn3)C2c2c[nH]c3ccccc23)cc1Cl. The molecule has 0 spiro atoms. The molecule has 35 heavy (non-hydrogen) atoms. The van der Waals surface area contributed by atoms with E-state index in [1.807, 2.05) is 24.3 Å². The van der Waals surface area contributed by atoms with Crippen molar-refractivity contribution in [2.24, 2.45) is 0 Å². The van der Waals surface area contributed by atoms with Crippen LogP contribution in [0.4, 0.5) is 0 Å². The smallest absolute Gasteiger partial charge is 0.296 e. The van der Waals surface area contributed by atoms with Crippen molar-refractivity contribution in [2.45, 2.75) is 12.6 Å². The van der Waals surface area contributed by atoms with Gasteiger partial charge in [0.05, 0.1) is 41.0 Å². The van der Waals surface area contributed by atoms with Crippen molar-refractivity contribution in [1.82, 2.24) is 14.9 Å². The summed E-state index contributed by atoms with van der Waals surface area (Å²) in [4.78, 5) is 35.5. The number of fused-ring (bicyclic) bond motifs is 1. The van der Waals surface area contributed by atoms with Gasteiger partial charge in [-0.2, -0.15) is 0 Å². The molecule has 0 radical (unpaired) electrons. The van der Waals surface area contributed by atoms with E-state index in [0.717, 1.165) is 10.9 Å². The summed E-state index contributed by atoms with van der Waals surface area (Å²) in [6, 6.07) is 14.9. The number of aromatic amines is 1. The van der Waals surface area contributed by atoms with Gasteiger partial charge in [0, 0.05) is 34.4 Å². The van der Waals surface area contributed by atoms with Crippen LogP contribution in [-0.2, 0) is 16.1 Å². The Morgan fingerprint density at radius 1 is 1.11 bits per heavy atom. The third-order valence-electron chi connectivity index (χ3n) is 5.99. The number of methoxy groups -OCH3 is 1. The molecule has 2 aromatic heterocycles. The number of rotatable bonds is 5. The van der Waals surface area contributed by atoms with Crippen molar-refractivity contribution >= 4 is 51.6 Å². The maximum absolute atomic E-state index is 13.3. The number of nitrogens with one attached hydrogen (secondary N) is 1. The van der Waals surface area contributed by atoms with E-state index in [9.17, 15) is 14.7 Å². The number of Topliss-reactive ketones (excluding diaryl/α,β-unsaturated/α-hetero) is 1. The molecule has 1 saturated heterocycles. The zero-order valence-corrected chi connectivity index (χ0v) is 20.0. The first-order valence-electron chi connectivity index (χ1n) is 10.7. The van der Waals surface area contributed by atoms with Gasteiger partial charge in [0.1, 0.15) is 5.76 Å². The van der Waals surface area contributed by atoms with Crippen molar-refractivity contribution in [3.63, 3.8) is 0 Å². The Balaban J connectivity index is 1.72. The second-order valence-corrected chi connectivity index (χ2v) is 8.83. The molecule has 0 bridgehead atoms. The lowest BCUT2D eigenvalue weighted by Crippen LogP contribution is -2.29. The summed E-state index contributed by atoms with van der Waals surface area (Å²) in [5.41, 5.74) is 2.24. The number of ether oxygens (including phenoxy) is 1. The lowest BCUT2D eigenvalue weighted by Gasteiger charge is -2.24. The number of likely N-dealkylation sites (tertiary alicyclic amines) is 1. The van der Waals surface area contributed by atoms with Crippen LogP contribution in [0.3, 0.4) is 0 Å². The molecule has 7 nitrogen and oxygen atoms in total. The van der Waals surface area contributed by atoms with Crippen LogP contribution in [0.2, 0.25) is 10.0 Å². The summed E-state index contributed by atoms with van der Waals surface area (Å²) in [5, 5.41) is 12.5. The van der Waals surface area contributed by atoms with E-state index in [4.69, 9.17) is 27.9 Å². The third-order valence-corrected chi connectivity index (χ3v) is 6.55. The molecule has 1 atom stereocenters. The number of aliphatic hydroxyl groups excluding tert-OH is 1. The van der Waals surface area contributed by atoms with E-state index in [-0.39, 0.29) is 39.2 Å². The largest absolute Gasteiger partial charge is 0.507 e. The molecule has 3 heterocycles. The predicted octanol–water partition coefficient (Wildman–Crippen LogP) is 5.50. The van der Waals surface area contributed by atoms with E-state index >= 15 is 0 Å². The maximum Gasteiger partial charge on any atom is 0.296 e. The predicted molar refractivity (Wildman–Crippen MR) is 133 cm³/mol. The monoisotopic (exact) mass is 507 g/mol. The fourth-order valence-electron chi connectivity index (χ4n) is 4.40. The van der Waals surface area contributed by atoms with Crippen molar-refractivity contribution in [2.75, 3.05) is 7.11 Å². The van der Waals surface area contributed by atoms with E-state index in [2.05, 4.69) is 9.97 Å². The first kappa shape index (κ1) is 23.0. The highest BCUT2D eigenvalue weighted by atomic mass is 35.5. The summed E-state index contributed by atoms with van der Waals surface area (Å²) >= 11 is 12.6. The molecule has 0 aliphatic carbocycles. The molecule has 1 unspecified atom stereocenters. The van der Waals surface area contributed by atoms with Gasteiger partial charge in [0.25, 0.3) is 11.7 Å². The van der Waals surface area contributed by atoms with Crippen molar-refractivity contribution < 1.29 is 19.4 Å². The number of halogens is 2. The zero-order valence-electron chi connectivity index (χ0n) is 18.5. The van der Waals surface area contributed by atoms with Crippen LogP contribution in [0.25, 0.3) is 16.7 Å². The van der Waals surface area contributed by atoms with Gasteiger partial charge in [0.15, 0.2) is 5.75 Å². The van der Waals surface area contributed by atoms with Crippen molar-refractivity contribution in [1.29, 1.82) is 0 Å². The highest BCUT2D eigenvalue weighted by Crippen LogP contribution is 2.44. The standard InChI is InChI=1S/C26H19Cl2N3O4/c1-35-25-18(27)10-14(11-19(25)28)23(32)21-22(17-12-30-20-8-3-2-7-16(17)20)31(26(34)24(21)33)13-15-6-4-5-9-29-15/h2-12,22,30,32H,13H2,1H3/b23-21+. The highest BCUT2D eigenvalue weighted by Gasteiger charge is 2.47. The molecular formula is C26H19Cl2N3O4. The zero-order chi connectivity index (χ0) is 24.7. The minimum absolute atomic E-state index is 0.0621. The lowest BCUT2D eigenvalue weighted by atomic mass is 9.95. The molecule has 0 saturated carbocycles. The van der Waals surface area contributed by atoms with Crippen molar-refractivity contribution in [3.8, 4) is 5.75 Å². The number of benzene rings is 2. The van der Waals surface area contributed by atoms with Gasteiger partial charge in [-0.25, -0.2) is 0 Å². The van der Waals surface area contributed by atoms with Crippen LogP contribution in [0.5, 0.6) is 5.75 Å². The fourth-order valence-corrected chi connectivity index (χ4v) is 5.04.